The smallest absolute Gasteiger partial charge is 0.343 e. The van der Waals surface area contributed by atoms with Gasteiger partial charge in [-0.3, -0.25) is 0 Å². The van der Waals surface area contributed by atoms with E-state index in [1.807, 2.05) is 0 Å². The Morgan fingerprint density at radius 2 is 0.705 bits per heavy atom. The van der Waals surface area contributed by atoms with E-state index in [9.17, 15) is 19.2 Å². The van der Waals surface area contributed by atoms with E-state index in [1.54, 1.807) is 24.3 Å². The predicted molar refractivity (Wildman–Crippen MR) is 167 cm³/mol. The lowest BCUT2D eigenvalue weighted by Gasteiger charge is -2.08. The molecule has 0 aliphatic carbocycles. The van der Waals surface area contributed by atoms with Crippen LogP contribution in [0.4, 0.5) is 0 Å². The van der Waals surface area contributed by atoms with Gasteiger partial charge in [0, 0.05) is 0 Å². The molecule has 3 aromatic carbocycles. The number of rotatable bonds is 18. The molecule has 0 saturated heterocycles. The summed E-state index contributed by atoms with van der Waals surface area (Å²) in [6.07, 6.45) is 10.7. The van der Waals surface area contributed by atoms with Crippen LogP contribution in [0.2, 0.25) is 0 Å². The first kappa shape index (κ1) is 34.0. The molecule has 0 saturated carbocycles. The quantitative estimate of drug-likeness (QED) is 0.0812. The Bertz CT molecular complexity index is 1220. The van der Waals surface area contributed by atoms with Gasteiger partial charge in [0.2, 0.25) is 0 Å². The fourth-order valence-electron chi connectivity index (χ4n) is 4.30. The number of unbranched alkanes of at least 4 members (excludes halogenated alkanes) is 8. The molecule has 0 spiro atoms. The van der Waals surface area contributed by atoms with E-state index in [0.717, 1.165) is 51.4 Å². The molecule has 8 nitrogen and oxygen atoms in total. The summed E-state index contributed by atoms with van der Waals surface area (Å²) in [5.74, 6) is -1.51. The van der Waals surface area contributed by atoms with Gasteiger partial charge in [-0.1, -0.05) is 65.2 Å². The van der Waals surface area contributed by atoms with Crippen LogP contribution in [0.3, 0.4) is 0 Å². The molecule has 0 fully saturated rings. The highest BCUT2D eigenvalue weighted by atomic mass is 16.5. The molecule has 0 unspecified atom stereocenters. The number of carbonyl (C=O) groups is 4. The average molecular weight is 603 g/mol. The van der Waals surface area contributed by atoms with Crippen LogP contribution in [0.25, 0.3) is 0 Å². The Morgan fingerprint density at radius 1 is 0.409 bits per heavy atom. The monoisotopic (exact) mass is 602 g/mol. The van der Waals surface area contributed by atoms with Crippen LogP contribution in [0.15, 0.2) is 72.8 Å². The van der Waals surface area contributed by atoms with Crippen LogP contribution in [0, 0.1) is 0 Å². The second kappa shape index (κ2) is 18.9. The van der Waals surface area contributed by atoms with E-state index in [4.69, 9.17) is 18.9 Å². The minimum absolute atomic E-state index is 0.237. The zero-order valence-electron chi connectivity index (χ0n) is 25.7. The maximum absolute atomic E-state index is 12.6. The van der Waals surface area contributed by atoms with Gasteiger partial charge in [-0.25, -0.2) is 19.2 Å². The van der Waals surface area contributed by atoms with Crippen LogP contribution < -0.4 is 9.47 Å². The first-order chi connectivity index (χ1) is 21.4. The Kier molecular flexibility index (Phi) is 14.7. The van der Waals surface area contributed by atoms with Crippen LogP contribution >= 0.6 is 0 Å². The highest BCUT2D eigenvalue weighted by Gasteiger charge is 2.14. The van der Waals surface area contributed by atoms with Crippen LogP contribution in [0.1, 0.15) is 119 Å². The third-order valence-electron chi connectivity index (χ3n) is 6.92. The molecular formula is C36H42O8. The third kappa shape index (κ3) is 11.7. The summed E-state index contributed by atoms with van der Waals surface area (Å²) in [7, 11) is 0. The zero-order chi connectivity index (χ0) is 31.6. The molecular weight excluding hydrogens is 560 g/mol. The predicted octanol–water partition coefficient (Wildman–Crippen LogP) is 8.38. The highest BCUT2D eigenvalue weighted by molar-refractivity contribution is 5.95. The van der Waals surface area contributed by atoms with Gasteiger partial charge < -0.3 is 18.9 Å². The largest absolute Gasteiger partial charge is 0.462 e. The average Bonchev–Trinajstić information content (AvgIpc) is 3.04. The van der Waals surface area contributed by atoms with Crippen molar-refractivity contribution in [3.63, 3.8) is 0 Å². The standard InChI is InChI=1S/C36H42O8/c1-3-5-7-9-11-25-41-33(37)27-17-21-31(22-18-27)43-35(39)29-13-15-30(16-14-29)36(40)44-32-23-19-28(20-24-32)34(38)42-26-12-10-8-6-4-2/h13-24H,3-12,25-26H2,1-2H3. The van der Waals surface area contributed by atoms with Crippen molar-refractivity contribution in [2.24, 2.45) is 0 Å². The summed E-state index contributed by atoms with van der Waals surface area (Å²) < 4.78 is 21.4. The molecule has 3 aromatic rings. The van der Waals surface area contributed by atoms with Crippen molar-refractivity contribution in [2.45, 2.75) is 78.1 Å². The fraction of sp³-hybridized carbons (Fsp3) is 0.389. The van der Waals surface area contributed by atoms with Crippen molar-refractivity contribution in [3.8, 4) is 11.5 Å². The SMILES string of the molecule is CCCCCCCOC(=O)c1ccc(OC(=O)c2ccc(C(=O)Oc3ccc(C(=O)OCCCCCCC)cc3)cc2)cc1. The number of ether oxygens (including phenoxy) is 4. The first-order valence-corrected chi connectivity index (χ1v) is 15.5. The summed E-state index contributed by atoms with van der Waals surface area (Å²) in [6, 6.07) is 18.2. The minimum atomic E-state index is -0.615. The molecule has 0 atom stereocenters. The van der Waals surface area contributed by atoms with Crippen LogP contribution in [-0.2, 0) is 9.47 Å². The molecule has 234 valence electrons. The van der Waals surface area contributed by atoms with Crippen molar-refractivity contribution in [1.82, 2.24) is 0 Å². The number of carbonyl (C=O) groups excluding carboxylic acids is 4. The summed E-state index contributed by atoms with van der Waals surface area (Å²) in [6.45, 7) is 5.06. The molecule has 0 aromatic heterocycles. The van der Waals surface area contributed by atoms with Gasteiger partial charge in [0.05, 0.1) is 35.5 Å². The maximum Gasteiger partial charge on any atom is 0.343 e. The Hall–Kier alpha value is -4.46. The van der Waals surface area contributed by atoms with Crippen molar-refractivity contribution < 1.29 is 38.1 Å². The molecule has 0 amide bonds. The lowest BCUT2D eigenvalue weighted by atomic mass is 10.1. The van der Waals surface area contributed by atoms with Crippen LogP contribution in [0.5, 0.6) is 11.5 Å². The van der Waals surface area contributed by atoms with E-state index < -0.39 is 23.9 Å². The summed E-state index contributed by atoms with van der Waals surface area (Å²) in [4.78, 5) is 49.6. The Labute approximate surface area is 259 Å². The fourth-order valence-corrected chi connectivity index (χ4v) is 4.30. The summed E-state index contributed by atoms with van der Waals surface area (Å²) >= 11 is 0. The second-order valence-electron chi connectivity index (χ2n) is 10.5. The number of benzene rings is 3. The van der Waals surface area contributed by atoms with Gasteiger partial charge in [0.25, 0.3) is 0 Å². The van der Waals surface area contributed by atoms with Gasteiger partial charge in [0.15, 0.2) is 0 Å². The molecule has 8 heteroatoms. The van der Waals surface area contributed by atoms with Gasteiger partial charge in [0.1, 0.15) is 11.5 Å². The number of hydrogen-bond donors (Lipinski definition) is 0. The molecule has 0 aliphatic heterocycles. The second-order valence-corrected chi connectivity index (χ2v) is 10.5. The Morgan fingerprint density at radius 3 is 1.05 bits per heavy atom. The first-order valence-electron chi connectivity index (χ1n) is 15.5. The van der Waals surface area contributed by atoms with E-state index >= 15 is 0 Å². The highest BCUT2D eigenvalue weighted by Crippen LogP contribution is 2.18. The summed E-state index contributed by atoms with van der Waals surface area (Å²) in [5, 5.41) is 0. The number of hydrogen-bond acceptors (Lipinski definition) is 8. The van der Waals surface area contributed by atoms with Gasteiger partial charge >= 0.3 is 23.9 Å². The van der Waals surface area contributed by atoms with Crippen molar-refractivity contribution in [3.05, 3.63) is 95.1 Å². The molecule has 0 aliphatic rings. The van der Waals surface area contributed by atoms with E-state index in [0.29, 0.717) is 24.3 Å². The lowest BCUT2D eigenvalue weighted by Crippen LogP contribution is -2.12. The van der Waals surface area contributed by atoms with Gasteiger partial charge in [-0.15, -0.1) is 0 Å². The third-order valence-corrected chi connectivity index (χ3v) is 6.92. The van der Waals surface area contributed by atoms with E-state index in [-0.39, 0.29) is 22.6 Å². The topological polar surface area (TPSA) is 105 Å². The van der Waals surface area contributed by atoms with Crippen molar-refractivity contribution in [1.29, 1.82) is 0 Å². The maximum atomic E-state index is 12.6. The van der Waals surface area contributed by atoms with Crippen molar-refractivity contribution >= 4 is 23.9 Å². The van der Waals surface area contributed by atoms with E-state index in [1.165, 1.54) is 61.4 Å². The molecule has 0 N–H and O–H groups in total. The zero-order valence-corrected chi connectivity index (χ0v) is 25.7. The minimum Gasteiger partial charge on any atom is -0.462 e. The normalized spacial score (nSPS) is 10.6. The number of esters is 4. The lowest BCUT2D eigenvalue weighted by molar-refractivity contribution is 0.0488. The molecule has 0 bridgehead atoms. The molecule has 0 radical (unpaired) electrons. The van der Waals surface area contributed by atoms with Crippen LogP contribution in [-0.4, -0.2) is 37.1 Å². The Balaban J connectivity index is 1.43. The van der Waals surface area contributed by atoms with Gasteiger partial charge in [-0.2, -0.15) is 0 Å². The molecule has 0 heterocycles. The van der Waals surface area contributed by atoms with Gasteiger partial charge in [-0.05, 0) is 85.6 Å². The van der Waals surface area contributed by atoms with Crippen molar-refractivity contribution in [2.75, 3.05) is 13.2 Å². The molecule has 44 heavy (non-hydrogen) atoms. The summed E-state index contributed by atoms with van der Waals surface area (Å²) in [5.41, 5.74) is 1.23. The van der Waals surface area contributed by atoms with E-state index in [2.05, 4.69) is 13.8 Å². The molecule has 3 rings (SSSR count).